The summed E-state index contributed by atoms with van der Waals surface area (Å²) in [4.78, 5) is 23.6. The van der Waals surface area contributed by atoms with Crippen molar-refractivity contribution < 1.29 is 9.53 Å². The minimum Gasteiger partial charge on any atom is -0.462 e. The van der Waals surface area contributed by atoms with E-state index in [4.69, 9.17) is 4.74 Å². The minimum absolute atomic E-state index is 0.0154. The number of hydrogen-bond acceptors (Lipinski definition) is 6. The van der Waals surface area contributed by atoms with E-state index in [1.807, 2.05) is 13.8 Å². The third kappa shape index (κ3) is 2.25. The van der Waals surface area contributed by atoms with Crippen LogP contribution in [0, 0.1) is 6.92 Å². The fourth-order valence-electron chi connectivity index (χ4n) is 3.10. The average Bonchev–Trinajstić information content (AvgIpc) is 3.04. The molecule has 0 aromatic carbocycles. The van der Waals surface area contributed by atoms with Gasteiger partial charge in [0.05, 0.1) is 0 Å². The van der Waals surface area contributed by atoms with Crippen LogP contribution < -0.4 is 0 Å². The number of thioether (sulfide) groups is 1. The lowest BCUT2D eigenvalue weighted by Crippen LogP contribution is -2.10. The predicted molar refractivity (Wildman–Crippen MR) is 84.0 cm³/mol. The molecule has 2 aromatic rings. The highest BCUT2D eigenvalue weighted by Gasteiger charge is 2.34. The smallest absolute Gasteiger partial charge is 0.319 e. The number of carbonyl (C=O) groups is 1. The van der Waals surface area contributed by atoms with E-state index in [1.54, 1.807) is 23.1 Å². The summed E-state index contributed by atoms with van der Waals surface area (Å²) >= 11 is 3.35. The van der Waals surface area contributed by atoms with Gasteiger partial charge in [0, 0.05) is 16.7 Å². The molecule has 3 heterocycles. The zero-order chi connectivity index (χ0) is 14.6. The van der Waals surface area contributed by atoms with E-state index >= 15 is 0 Å². The van der Waals surface area contributed by atoms with Crippen LogP contribution in [0.5, 0.6) is 0 Å². The van der Waals surface area contributed by atoms with Gasteiger partial charge >= 0.3 is 5.97 Å². The lowest BCUT2D eigenvalue weighted by Gasteiger charge is -2.08. The summed E-state index contributed by atoms with van der Waals surface area (Å²) in [5, 5.41) is 2.03. The van der Waals surface area contributed by atoms with Crippen LogP contribution in [-0.2, 0) is 22.4 Å². The lowest BCUT2D eigenvalue weighted by molar-refractivity contribution is -0.140. The molecule has 1 fully saturated rings. The molecule has 2 aliphatic rings. The quantitative estimate of drug-likeness (QED) is 0.628. The monoisotopic (exact) mass is 320 g/mol. The Kier molecular flexibility index (Phi) is 3.19. The van der Waals surface area contributed by atoms with Crippen molar-refractivity contribution in [3.8, 4) is 0 Å². The third-order valence-electron chi connectivity index (χ3n) is 4.02. The third-order valence-corrected chi connectivity index (χ3v) is 6.40. The number of aromatic nitrogens is 2. The number of esters is 1. The summed E-state index contributed by atoms with van der Waals surface area (Å²) in [6.07, 6.45) is 4.27. The predicted octanol–water partition coefficient (Wildman–Crippen LogP) is 3.28. The van der Waals surface area contributed by atoms with Gasteiger partial charge < -0.3 is 4.74 Å². The van der Waals surface area contributed by atoms with E-state index in [2.05, 4.69) is 9.97 Å². The molecule has 0 bridgehead atoms. The first-order valence-electron chi connectivity index (χ1n) is 7.28. The van der Waals surface area contributed by atoms with Gasteiger partial charge in [0.2, 0.25) is 0 Å². The maximum absolute atomic E-state index is 11.9. The van der Waals surface area contributed by atoms with Gasteiger partial charge in [-0.15, -0.1) is 11.3 Å². The highest BCUT2D eigenvalue weighted by atomic mass is 32.2. The summed E-state index contributed by atoms with van der Waals surface area (Å²) in [5.41, 5.74) is 1.41. The zero-order valence-corrected chi connectivity index (χ0v) is 13.6. The Morgan fingerprint density at radius 2 is 2.19 bits per heavy atom. The molecule has 0 amide bonds. The molecule has 2 aromatic heterocycles. The topological polar surface area (TPSA) is 52.1 Å². The number of rotatable bonds is 2. The van der Waals surface area contributed by atoms with Crippen LogP contribution in [0.3, 0.4) is 0 Å². The molecule has 4 rings (SSSR count). The molecule has 0 radical (unpaired) electrons. The summed E-state index contributed by atoms with van der Waals surface area (Å²) in [5.74, 6) is 0.674. The van der Waals surface area contributed by atoms with Crippen LogP contribution in [0.4, 0.5) is 0 Å². The molecule has 1 aliphatic heterocycles. The molecule has 1 saturated heterocycles. The number of nitrogens with zero attached hydrogens (tertiary/aromatic N) is 2. The maximum atomic E-state index is 11.9. The summed E-state index contributed by atoms with van der Waals surface area (Å²) < 4.78 is 5.26. The Bertz CT molecular complexity index is 741. The fourth-order valence-corrected chi connectivity index (χ4v) is 5.78. The number of cyclic esters (lactones) is 1. The first-order valence-corrected chi connectivity index (χ1v) is 8.97. The normalized spacial score (nSPS) is 24.6. The van der Waals surface area contributed by atoms with Gasteiger partial charge in [-0.2, -0.15) is 0 Å². The molecule has 6 heteroatoms. The van der Waals surface area contributed by atoms with Crippen molar-refractivity contribution in [2.75, 3.05) is 0 Å². The number of aryl methyl sites for hydroxylation is 3. The number of ether oxygens (including phenoxy) is 1. The van der Waals surface area contributed by atoms with E-state index < -0.39 is 0 Å². The van der Waals surface area contributed by atoms with Gasteiger partial charge in [0.25, 0.3) is 0 Å². The molecule has 1 aliphatic carbocycles. The van der Waals surface area contributed by atoms with Crippen LogP contribution in [0.2, 0.25) is 0 Å². The van der Waals surface area contributed by atoms with E-state index in [0.717, 1.165) is 34.9 Å². The second-order valence-corrected chi connectivity index (χ2v) is 7.98. The largest absolute Gasteiger partial charge is 0.462 e. The highest BCUT2D eigenvalue weighted by Crippen LogP contribution is 2.42. The maximum Gasteiger partial charge on any atom is 0.319 e. The van der Waals surface area contributed by atoms with Crippen LogP contribution in [-0.4, -0.2) is 27.3 Å². The van der Waals surface area contributed by atoms with Gasteiger partial charge in [-0.05, 0) is 38.7 Å². The average molecular weight is 320 g/mol. The van der Waals surface area contributed by atoms with Gasteiger partial charge in [-0.25, -0.2) is 9.97 Å². The Morgan fingerprint density at radius 3 is 2.95 bits per heavy atom. The van der Waals surface area contributed by atoms with Gasteiger partial charge in [0.1, 0.15) is 27.0 Å². The SMILES string of the molecule is Cc1nc(S[C@H]2C[C@H](C)OC2=O)c2c3c(sc2n1)CCC3. The first-order chi connectivity index (χ1) is 10.1. The van der Waals surface area contributed by atoms with Crippen LogP contribution >= 0.6 is 23.1 Å². The first kappa shape index (κ1) is 13.5. The Morgan fingerprint density at radius 1 is 1.33 bits per heavy atom. The highest BCUT2D eigenvalue weighted by molar-refractivity contribution is 8.00. The standard InChI is InChI=1S/C15H16N2O2S2/c1-7-6-11(15(18)19-7)21-14-12-9-4-3-5-10(9)20-13(12)16-8(2)17-14/h7,11H,3-6H2,1-2H3/t7-,11-/m0/s1. The molecule has 110 valence electrons. The Balaban J connectivity index is 1.79. The number of thiophene rings is 1. The zero-order valence-electron chi connectivity index (χ0n) is 12.0. The van der Waals surface area contributed by atoms with Gasteiger partial charge in [-0.1, -0.05) is 11.8 Å². The lowest BCUT2D eigenvalue weighted by atomic mass is 10.2. The number of hydrogen-bond donors (Lipinski definition) is 0. The van der Waals surface area contributed by atoms with Crippen molar-refractivity contribution >= 4 is 39.3 Å². The molecular formula is C15H16N2O2S2. The molecule has 2 atom stereocenters. The van der Waals surface area contributed by atoms with Gasteiger partial charge in [-0.3, -0.25) is 4.79 Å². The van der Waals surface area contributed by atoms with Crippen molar-refractivity contribution in [2.24, 2.45) is 0 Å². The van der Waals surface area contributed by atoms with Gasteiger partial charge in [0.15, 0.2) is 0 Å². The van der Waals surface area contributed by atoms with Crippen molar-refractivity contribution in [1.82, 2.24) is 9.97 Å². The van der Waals surface area contributed by atoms with E-state index in [-0.39, 0.29) is 17.3 Å². The number of carbonyl (C=O) groups excluding carboxylic acids is 1. The molecule has 4 nitrogen and oxygen atoms in total. The second kappa shape index (κ2) is 4.95. The summed E-state index contributed by atoms with van der Waals surface area (Å²) in [6.45, 7) is 3.87. The van der Waals surface area contributed by atoms with E-state index in [0.29, 0.717) is 0 Å². The molecular weight excluding hydrogens is 304 g/mol. The van der Waals surface area contributed by atoms with Crippen molar-refractivity contribution in [1.29, 1.82) is 0 Å². The minimum atomic E-state index is -0.130. The molecule has 0 spiro atoms. The van der Waals surface area contributed by atoms with Crippen molar-refractivity contribution in [2.45, 2.75) is 55.9 Å². The van der Waals surface area contributed by atoms with Crippen LogP contribution in [0.25, 0.3) is 10.2 Å². The van der Waals surface area contributed by atoms with Crippen molar-refractivity contribution in [3.05, 3.63) is 16.3 Å². The molecule has 0 unspecified atom stereocenters. The molecule has 0 saturated carbocycles. The van der Waals surface area contributed by atoms with E-state index in [1.165, 1.54) is 22.2 Å². The molecule has 0 N–H and O–H groups in total. The van der Waals surface area contributed by atoms with Crippen LogP contribution in [0.15, 0.2) is 5.03 Å². The Hall–Kier alpha value is -1.14. The second-order valence-electron chi connectivity index (χ2n) is 5.70. The fraction of sp³-hybridized carbons (Fsp3) is 0.533. The Labute approximate surface area is 131 Å². The summed E-state index contributed by atoms with van der Waals surface area (Å²) in [7, 11) is 0. The van der Waals surface area contributed by atoms with Crippen LogP contribution in [0.1, 0.15) is 36.0 Å². The van der Waals surface area contributed by atoms with E-state index in [9.17, 15) is 4.79 Å². The number of fused-ring (bicyclic) bond motifs is 3. The van der Waals surface area contributed by atoms with Crippen molar-refractivity contribution in [3.63, 3.8) is 0 Å². The molecule has 21 heavy (non-hydrogen) atoms. The summed E-state index contributed by atoms with van der Waals surface area (Å²) in [6, 6.07) is 0.